The number of hydrogen-bond acceptors (Lipinski definition) is 5. The molecular formula is C24H28N2O5. The molecular weight excluding hydrogens is 396 g/mol. The van der Waals surface area contributed by atoms with Crippen LogP contribution in [0.5, 0.6) is 5.75 Å². The molecule has 2 N–H and O–H groups in total. The lowest BCUT2D eigenvalue weighted by Crippen LogP contribution is -2.45. The van der Waals surface area contributed by atoms with Crippen LogP contribution in [0.25, 0.3) is 10.9 Å². The summed E-state index contributed by atoms with van der Waals surface area (Å²) in [4.78, 5) is 28.4. The van der Waals surface area contributed by atoms with Crippen molar-refractivity contribution < 1.29 is 23.8 Å². The molecule has 1 atom stereocenters. The van der Waals surface area contributed by atoms with Gasteiger partial charge in [0.05, 0.1) is 7.11 Å². The standard InChI is InChI=1S/C24H28N2O5/c1-24(2,3)31-22(27)21(26-23(28)30-15-16-8-6-5-7-9-16)12-17-14-25-20-11-10-18(29-4)13-19(17)20/h5-11,13-14,21,25H,12,15H2,1-4H3,(H,26,28)/t21-/m0/s1. The van der Waals surface area contributed by atoms with Gasteiger partial charge in [-0.2, -0.15) is 0 Å². The topological polar surface area (TPSA) is 89.6 Å². The van der Waals surface area contributed by atoms with E-state index in [-0.39, 0.29) is 13.0 Å². The Kier molecular flexibility index (Phi) is 6.84. The van der Waals surface area contributed by atoms with Crippen LogP contribution in [0.2, 0.25) is 0 Å². The number of carbonyl (C=O) groups excluding carboxylic acids is 2. The highest BCUT2D eigenvalue weighted by Crippen LogP contribution is 2.25. The van der Waals surface area contributed by atoms with E-state index in [1.165, 1.54) is 0 Å². The molecule has 31 heavy (non-hydrogen) atoms. The number of ether oxygens (including phenoxy) is 3. The van der Waals surface area contributed by atoms with E-state index < -0.39 is 23.7 Å². The van der Waals surface area contributed by atoms with E-state index in [0.717, 1.165) is 22.0 Å². The molecule has 3 aromatic rings. The van der Waals surface area contributed by atoms with Crippen molar-refractivity contribution in [2.24, 2.45) is 0 Å². The zero-order chi connectivity index (χ0) is 22.4. The van der Waals surface area contributed by atoms with Crippen molar-refractivity contribution in [3.8, 4) is 5.75 Å². The maximum absolute atomic E-state index is 12.8. The Labute approximate surface area is 181 Å². The smallest absolute Gasteiger partial charge is 0.408 e. The van der Waals surface area contributed by atoms with Crippen molar-refractivity contribution in [1.82, 2.24) is 10.3 Å². The summed E-state index contributed by atoms with van der Waals surface area (Å²) in [6, 6.07) is 14.1. The highest BCUT2D eigenvalue weighted by molar-refractivity contribution is 5.87. The molecule has 164 valence electrons. The number of esters is 1. The SMILES string of the molecule is COc1ccc2[nH]cc(C[C@H](NC(=O)OCc3ccccc3)C(=O)OC(C)(C)C)c2c1. The number of aromatic amines is 1. The average molecular weight is 424 g/mol. The van der Waals surface area contributed by atoms with Crippen LogP contribution >= 0.6 is 0 Å². The number of methoxy groups -OCH3 is 1. The van der Waals surface area contributed by atoms with E-state index in [2.05, 4.69) is 10.3 Å². The van der Waals surface area contributed by atoms with Crippen molar-refractivity contribution in [3.05, 3.63) is 65.9 Å². The fraction of sp³-hybridized carbons (Fsp3) is 0.333. The van der Waals surface area contributed by atoms with Gasteiger partial charge in [0, 0.05) is 23.5 Å². The first kappa shape index (κ1) is 22.2. The van der Waals surface area contributed by atoms with Crippen LogP contribution < -0.4 is 10.1 Å². The Morgan fingerprint density at radius 1 is 1.10 bits per heavy atom. The van der Waals surface area contributed by atoms with Crippen molar-refractivity contribution in [1.29, 1.82) is 0 Å². The number of aromatic nitrogens is 1. The first-order valence-electron chi connectivity index (χ1n) is 10.1. The third-order valence-corrected chi connectivity index (χ3v) is 4.59. The molecule has 0 unspecified atom stereocenters. The van der Waals surface area contributed by atoms with E-state index in [1.807, 2.05) is 54.7 Å². The van der Waals surface area contributed by atoms with Gasteiger partial charge >= 0.3 is 12.1 Å². The second-order valence-corrected chi connectivity index (χ2v) is 8.22. The molecule has 0 aliphatic carbocycles. The summed E-state index contributed by atoms with van der Waals surface area (Å²) in [6.45, 7) is 5.46. The summed E-state index contributed by atoms with van der Waals surface area (Å²) in [5.41, 5.74) is 1.93. The highest BCUT2D eigenvalue weighted by atomic mass is 16.6. The van der Waals surface area contributed by atoms with Gasteiger partial charge in [-0.15, -0.1) is 0 Å². The molecule has 0 spiro atoms. The molecule has 0 aliphatic heterocycles. The molecule has 1 heterocycles. The van der Waals surface area contributed by atoms with Gasteiger partial charge in [0.15, 0.2) is 0 Å². The van der Waals surface area contributed by atoms with Crippen LogP contribution in [-0.4, -0.2) is 35.8 Å². The number of rotatable bonds is 7. The number of alkyl carbamates (subject to hydrolysis) is 1. The van der Waals surface area contributed by atoms with Crippen LogP contribution in [0.4, 0.5) is 4.79 Å². The molecule has 0 saturated carbocycles. The number of amides is 1. The lowest BCUT2D eigenvalue weighted by atomic mass is 10.0. The maximum Gasteiger partial charge on any atom is 0.408 e. The third-order valence-electron chi connectivity index (χ3n) is 4.59. The fourth-order valence-electron chi connectivity index (χ4n) is 3.15. The van der Waals surface area contributed by atoms with Crippen molar-refractivity contribution in [3.63, 3.8) is 0 Å². The summed E-state index contributed by atoms with van der Waals surface area (Å²) in [5, 5.41) is 3.57. The van der Waals surface area contributed by atoms with Gasteiger partial charge in [-0.05, 0) is 50.1 Å². The first-order valence-corrected chi connectivity index (χ1v) is 10.1. The van der Waals surface area contributed by atoms with Gasteiger partial charge in [-0.1, -0.05) is 30.3 Å². The summed E-state index contributed by atoms with van der Waals surface area (Å²) < 4.78 is 16.1. The fourth-order valence-corrected chi connectivity index (χ4v) is 3.15. The largest absolute Gasteiger partial charge is 0.497 e. The minimum Gasteiger partial charge on any atom is -0.497 e. The van der Waals surface area contributed by atoms with E-state index in [4.69, 9.17) is 14.2 Å². The minimum atomic E-state index is -0.910. The predicted molar refractivity (Wildman–Crippen MR) is 118 cm³/mol. The zero-order valence-corrected chi connectivity index (χ0v) is 18.2. The van der Waals surface area contributed by atoms with Crippen molar-refractivity contribution in [2.45, 2.75) is 45.4 Å². The molecule has 0 aliphatic rings. The number of fused-ring (bicyclic) bond motifs is 1. The summed E-state index contributed by atoms with van der Waals surface area (Å²) in [5.74, 6) is 0.179. The van der Waals surface area contributed by atoms with Gasteiger partial charge in [0.25, 0.3) is 0 Å². The Morgan fingerprint density at radius 3 is 2.52 bits per heavy atom. The maximum atomic E-state index is 12.8. The Morgan fingerprint density at radius 2 is 1.84 bits per heavy atom. The van der Waals surface area contributed by atoms with Crippen molar-refractivity contribution in [2.75, 3.05) is 7.11 Å². The number of carbonyl (C=O) groups is 2. The second-order valence-electron chi connectivity index (χ2n) is 8.22. The van der Waals surface area contributed by atoms with Gasteiger partial charge in [0.2, 0.25) is 0 Å². The van der Waals surface area contributed by atoms with Gasteiger partial charge < -0.3 is 24.5 Å². The van der Waals surface area contributed by atoms with Crippen LogP contribution in [0.1, 0.15) is 31.9 Å². The summed E-state index contributed by atoms with van der Waals surface area (Å²) in [6.07, 6.45) is 1.37. The minimum absolute atomic E-state index is 0.109. The number of benzene rings is 2. The van der Waals surface area contributed by atoms with E-state index in [0.29, 0.717) is 5.75 Å². The molecule has 0 saturated heterocycles. The predicted octanol–water partition coefficient (Wildman–Crippen LogP) is 4.36. The molecule has 0 bridgehead atoms. The molecule has 2 aromatic carbocycles. The number of H-pyrrole nitrogens is 1. The quantitative estimate of drug-likeness (QED) is 0.550. The van der Waals surface area contributed by atoms with Crippen molar-refractivity contribution >= 4 is 23.0 Å². The lowest BCUT2D eigenvalue weighted by Gasteiger charge is -2.24. The molecule has 0 radical (unpaired) electrons. The van der Waals surface area contributed by atoms with Gasteiger partial charge in [-0.3, -0.25) is 0 Å². The van der Waals surface area contributed by atoms with Gasteiger partial charge in [-0.25, -0.2) is 9.59 Å². The third kappa shape index (κ3) is 6.25. The van der Waals surface area contributed by atoms with Crippen LogP contribution in [0, 0.1) is 0 Å². The first-order chi connectivity index (χ1) is 14.7. The molecule has 3 rings (SSSR count). The van der Waals surface area contributed by atoms with E-state index >= 15 is 0 Å². The second kappa shape index (κ2) is 9.55. The van der Waals surface area contributed by atoms with Gasteiger partial charge in [0.1, 0.15) is 24.0 Å². The molecule has 1 aromatic heterocycles. The lowest BCUT2D eigenvalue weighted by molar-refractivity contribution is -0.157. The molecule has 7 heteroatoms. The molecule has 7 nitrogen and oxygen atoms in total. The normalized spacial score (nSPS) is 12.3. The Hall–Kier alpha value is -3.48. The van der Waals surface area contributed by atoms with Crippen LogP contribution in [0.3, 0.4) is 0 Å². The van der Waals surface area contributed by atoms with E-state index in [9.17, 15) is 9.59 Å². The average Bonchev–Trinajstić information content (AvgIpc) is 3.13. The highest BCUT2D eigenvalue weighted by Gasteiger charge is 2.28. The number of nitrogens with one attached hydrogen (secondary N) is 2. The van der Waals surface area contributed by atoms with Crippen LogP contribution in [0.15, 0.2) is 54.7 Å². The Bertz CT molecular complexity index is 1040. The summed E-state index contributed by atoms with van der Waals surface area (Å²) in [7, 11) is 1.60. The number of hydrogen-bond donors (Lipinski definition) is 2. The molecule has 0 fully saturated rings. The van der Waals surface area contributed by atoms with Crippen LogP contribution in [-0.2, 0) is 27.3 Å². The zero-order valence-electron chi connectivity index (χ0n) is 18.2. The molecule has 1 amide bonds. The summed E-state index contributed by atoms with van der Waals surface area (Å²) >= 11 is 0. The Balaban J connectivity index is 1.76. The monoisotopic (exact) mass is 424 g/mol. The van der Waals surface area contributed by atoms with E-state index in [1.54, 1.807) is 27.9 Å².